The lowest BCUT2D eigenvalue weighted by atomic mass is 10.1. The first-order chi connectivity index (χ1) is 12.4. The summed E-state index contributed by atoms with van der Waals surface area (Å²) >= 11 is 0. The number of morpholine rings is 1. The van der Waals surface area contributed by atoms with Crippen LogP contribution in [0.2, 0.25) is 0 Å². The zero-order valence-corrected chi connectivity index (χ0v) is 15.6. The molecular weight excluding hydrogens is 358 g/mol. The zero-order valence-electron chi connectivity index (χ0n) is 14.8. The molecule has 2 heterocycles. The van der Waals surface area contributed by atoms with Gasteiger partial charge in [0.1, 0.15) is 0 Å². The van der Waals surface area contributed by atoms with Crippen LogP contribution in [0.15, 0.2) is 23.1 Å². The molecule has 0 aliphatic carbocycles. The van der Waals surface area contributed by atoms with Crippen LogP contribution < -0.4 is 0 Å². The summed E-state index contributed by atoms with van der Waals surface area (Å²) in [6.45, 7) is 5.02. The Morgan fingerprint density at radius 3 is 2.35 bits per heavy atom. The summed E-state index contributed by atoms with van der Waals surface area (Å²) in [5.74, 6) is -0.202. The molecule has 2 saturated heterocycles. The third-order valence-electron chi connectivity index (χ3n) is 4.80. The highest BCUT2D eigenvalue weighted by atomic mass is 32.2. The Labute approximate surface area is 153 Å². The maximum Gasteiger partial charge on any atom is 0.254 e. The molecule has 0 spiro atoms. The number of sulfonamides is 1. The highest BCUT2D eigenvalue weighted by molar-refractivity contribution is 7.89. The van der Waals surface area contributed by atoms with Crippen LogP contribution in [0, 0.1) is 6.92 Å². The summed E-state index contributed by atoms with van der Waals surface area (Å²) < 4.78 is 32.3. The Kier molecular flexibility index (Phi) is 5.59. The minimum atomic E-state index is -3.65. The number of hydrogen-bond donors (Lipinski definition) is 0. The van der Waals surface area contributed by atoms with Gasteiger partial charge < -0.3 is 14.5 Å². The number of piperazine rings is 1. The van der Waals surface area contributed by atoms with E-state index >= 15 is 0 Å². The Morgan fingerprint density at radius 1 is 1.08 bits per heavy atom. The molecule has 2 amide bonds. The van der Waals surface area contributed by atoms with E-state index in [9.17, 15) is 18.0 Å². The lowest BCUT2D eigenvalue weighted by Crippen LogP contribution is -2.48. The van der Waals surface area contributed by atoms with Gasteiger partial charge in [-0.05, 0) is 24.6 Å². The number of rotatable bonds is 4. The van der Waals surface area contributed by atoms with Gasteiger partial charge in [0.25, 0.3) is 5.91 Å². The molecule has 0 saturated carbocycles. The molecule has 0 atom stereocenters. The monoisotopic (exact) mass is 381 g/mol. The second kappa shape index (κ2) is 7.73. The van der Waals surface area contributed by atoms with Crippen molar-refractivity contribution in [1.29, 1.82) is 0 Å². The fourth-order valence-corrected chi connectivity index (χ4v) is 4.56. The molecule has 0 unspecified atom stereocenters. The van der Waals surface area contributed by atoms with Crippen molar-refractivity contribution in [2.24, 2.45) is 0 Å². The molecule has 1 aromatic rings. The lowest BCUT2D eigenvalue weighted by molar-refractivity contribution is -0.119. The van der Waals surface area contributed by atoms with E-state index in [4.69, 9.17) is 4.74 Å². The molecular formula is C17H23N3O5S. The van der Waals surface area contributed by atoms with Crippen LogP contribution in [0.5, 0.6) is 0 Å². The number of carbonyl (C=O) groups excluding carboxylic acids is 2. The molecule has 2 aliphatic heterocycles. The first-order valence-corrected chi connectivity index (χ1v) is 10.0. The molecule has 3 rings (SSSR count). The van der Waals surface area contributed by atoms with E-state index < -0.39 is 10.0 Å². The van der Waals surface area contributed by atoms with Crippen molar-refractivity contribution in [2.75, 3.05) is 52.5 Å². The molecule has 142 valence electrons. The van der Waals surface area contributed by atoms with Crippen LogP contribution in [0.3, 0.4) is 0 Å². The van der Waals surface area contributed by atoms with Crippen LogP contribution in [0.25, 0.3) is 0 Å². The SMILES string of the molecule is Cc1ccc(S(=O)(=O)N2CCOCC2)cc1C(=O)N1CCN(C=O)CC1. The summed E-state index contributed by atoms with van der Waals surface area (Å²) in [6, 6.07) is 4.68. The third-order valence-corrected chi connectivity index (χ3v) is 6.69. The number of benzene rings is 1. The normalized spacial score (nSPS) is 19.4. The maximum absolute atomic E-state index is 12.9. The first kappa shape index (κ1) is 18.8. The van der Waals surface area contributed by atoms with E-state index in [-0.39, 0.29) is 10.8 Å². The first-order valence-electron chi connectivity index (χ1n) is 8.60. The number of carbonyl (C=O) groups is 2. The van der Waals surface area contributed by atoms with E-state index in [1.54, 1.807) is 28.9 Å². The van der Waals surface area contributed by atoms with Gasteiger partial charge in [-0.2, -0.15) is 4.31 Å². The predicted molar refractivity (Wildman–Crippen MR) is 94.3 cm³/mol. The molecule has 26 heavy (non-hydrogen) atoms. The fourth-order valence-electron chi connectivity index (χ4n) is 3.13. The zero-order chi connectivity index (χ0) is 18.7. The number of hydrogen-bond acceptors (Lipinski definition) is 5. The predicted octanol–water partition coefficient (Wildman–Crippen LogP) is -0.0699. The van der Waals surface area contributed by atoms with Crippen molar-refractivity contribution in [3.63, 3.8) is 0 Å². The van der Waals surface area contributed by atoms with Crippen molar-refractivity contribution in [3.05, 3.63) is 29.3 Å². The Morgan fingerprint density at radius 2 is 1.73 bits per heavy atom. The highest BCUT2D eigenvalue weighted by Crippen LogP contribution is 2.22. The molecule has 0 N–H and O–H groups in total. The molecule has 1 aromatic carbocycles. The molecule has 0 radical (unpaired) electrons. The van der Waals surface area contributed by atoms with Crippen LogP contribution in [0.4, 0.5) is 0 Å². The average molecular weight is 381 g/mol. The topological polar surface area (TPSA) is 87.2 Å². The maximum atomic E-state index is 12.9. The fraction of sp³-hybridized carbons (Fsp3) is 0.529. The van der Waals surface area contributed by atoms with Gasteiger partial charge in [-0.25, -0.2) is 8.42 Å². The largest absolute Gasteiger partial charge is 0.379 e. The van der Waals surface area contributed by atoms with E-state index in [1.165, 1.54) is 10.4 Å². The van der Waals surface area contributed by atoms with Gasteiger partial charge in [0.05, 0.1) is 18.1 Å². The summed E-state index contributed by atoms with van der Waals surface area (Å²) in [7, 11) is -3.65. The quantitative estimate of drug-likeness (QED) is 0.682. The Balaban J connectivity index is 1.83. The molecule has 8 nitrogen and oxygen atoms in total. The van der Waals surface area contributed by atoms with Gasteiger partial charge in [-0.3, -0.25) is 9.59 Å². The molecule has 9 heteroatoms. The van der Waals surface area contributed by atoms with E-state index in [0.29, 0.717) is 58.0 Å². The summed E-state index contributed by atoms with van der Waals surface area (Å²) in [4.78, 5) is 27.1. The number of aryl methyl sites for hydroxylation is 1. The summed E-state index contributed by atoms with van der Waals surface area (Å²) in [5.41, 5.74) is 1.12. The second-order valence-electron chi connectivity index (χ2n) is 6.43. The average Bonchev–Trinajstić information content (AvgIpc) is 2.68. The number of nitrogens with zero attached hydrogens (tertiary/aromatic N) is 3. The van der Waals surface area contributed by atoms with Crippen molar-refractivity contribution in [2.45, 2.75) is 11.8 Å². The van der Waals surface area contributed by atoms with E-state index in [1.807, 2.05) is 0 Å². The minimum absolute atomic E-state index is 0.125. The smallest absolute Gasteiger partial charge is 0.254 e. The van der Waals surface area contributed by atoms with Crippen molar-refractivity contribution in [3.8, 4) is 0 Å². The highest BCUT2D eigenvalue weighted by Gasteiger charge is 2.29. The Hall–Kier alpha value is -1.97. The molecule has 2 aliphatic rings. The van der Waals surface area contributed by atoms with E-state index in [2.05, 4.69) is 0 Å². The van der Waals surface area contributed by atoms with Crippen molar-refractivity contribution < 1.29 is 22.7 Å². The molecule has 2 fully saturated rings. The van der Waals surface area contributed by atoms with E-state index in [0.717, 1.165) is 12.0 Å². The van der Waals surface area contributed by atoms with Gasteiger partial charge in [-0.15, -0.1) is 0 Å². The number of amides is 2. The Bertz CT molecular complexity index is 782. The third kappa shape index (κ3) is 3.74. The van der Waals surface area contributed by atoms with Crippen LogP contribution in [-0.2, 0) is 19.6 Å². The van der Waals surface area contributed by atoms with Crippen LogP contribution in [0.1, 0.15) is 15.9 Å². The summed E-state index contributed by atoms with van der Waals surface area (Å²) in [5, 5.41) is 0. The van der Waals surface area contributed by atoms with Gasteiger partial charge in [0.15, 0.2) is 0 Å². The lowest BCUT2D eigenvalue weighted by Gasteiger charge is -2.33. The van der Waals surface area contributed by atoms with Gasteiger partial charge in [-0.1, -0.05) is 6.07 Å². The standard InChI is InChI=1S/C17H23N3O5S/c1-14-2-3-15(26(23,24)20-8-10-25-11-9-20)12-16(14)17(22)19-6-4-18(13-21)5-7-19/h2-3,12-13H,4-11H2,1H3. The van der Waals surface area contributed by atoms with Crippen molar-refractivity contribution >= 4 is 22.3 Å². The van der Waals surface area contributed by atoms with Gasteiger partial charge in [0, 0.05) is 44.8 Å². The van der Waals surface area contributed by atoms with Crippen molar-refractivity contribution in [1.82, 2.24) is 14.1 Å². The van der Waals surface area contributed by atoms with Gasteiger partial charge in [0.2, 0.25) is 16.4 Å². The van der Waals surface area contributed by atoms with Crippen LogP contribution in [-0.4, -0.2) is 87.3 Å². The molecule has 0 aromatic heterocycles. The molecule has 0 bridgehead atoms. The number of ether oxygens (including phenoxy) is 1. The van der Waals surface area contributed by atoms with Crippen LogP contribution >= 0.6 is 0 Å². The minimum Gasteiger partial charge on any atom is -0.379 e. The summed E-state index contributed by atoms with van der Waals surface area (Å²) in [6.07, 6.45) is 0.780. The second-order valence-corrected chi connectivity index (χ2v) is 8.36. The van der Waals surface area contributed by atoms with Gasteiger partial charge >= 0.3 is 0 Å².